The molecule has 4 heteroatoms. The third kappa shape index (κ3) is 2.99. The van der Waals surface area contributed by atoms with E-state index in [1.165, 1.54) is 5.56 Å². The molecule has 2 rings (SSSR count). The Morgan fingerprint density at radius 2 is 1.67 bits per heavy atom. The summed E-state index contributed by atoms with van der Waals surface area (Å²) in [7, 11) is 3.16. The van der Waals surface area contributed by atoms with E-state index in [1.54, 1.807) is 14.2 Å². The van der Waals surface area contributed by atoms with Crippen LogP contribution in [0.4, 0.5) is 0 Å². The maximum atomic E-state index is 6.42. The van der Waals surface area contributed by atoms with Crippen LogP contribution in [0.25, 0.3) is 0 Å². The largest absolute Gasteiger partial charge is 0.495 e. The van der Waals surface area contributed by atoms with Crippen LogP contribution in [0.2, 0.25) is 5.02 Å². The molecule has 0 saturated heterocycles. The molecule has 0 aliphatic carbocycles. The molecule has 0 aliphatic rings. The lowest BCUT2D eigenvalue weighted by Crippen LogP contribution is -2.15. The monoisotopic (exact) mass is 305 g/mol. The van der Waals surface area contributed by atoms with Gasteiger partial charge in [-0.2, -0.15) is 0 Å². The first-order valence-electron chi connectivity index (χ1n) is 6.72. The van der Waals surface area contributed by atoms with Gasteiger partial charge >= 0.3 is 0 Å². The number of methoxy groups -OCH3 is 2. The van der Waals surface area contributed by atoms with E-state index in [0.29, 0.717) is 16.5 Å². The second kappa shape index (κ2) is 6.37. The van der Waals surface area contributed by atoms with Crippen molar-refractivity contribution >= 4 is 11.6 Å². The molecule has 0 fully saturated rings. The fraction of sp³-hybridized carbons (Fsp3) is 0.294. The number of hydrogen-bond donors (Lipinski definition) is 1. The molecule has 1 unspecified atom stereocenters. The lowest BCUT2D eigenvalue weighted by Gasteiger charge is -2.20. The molecule has 2 N–H and O–H groups in total. The summed E-state index contributed by atoms with van der Waals surface area (Å²) in [6.07, 6.45) is 0. The van der Waals surface area contributed by atoms with E-state index in [0.717, 1.165) is 16.7 Å². The predicted octanol–water partition coefficient (Wildman–Crippen LogP) is 4.02. The second-order valence-corrected chi connectivity index (χ2v) is 5.42. The third-order valence-corrected chi connectivity index (χ3v) is 3.97. The van der Waals surface area contributed by atoms with Crippen LogP contribution >= 0.6 is 11.6 Å². The van der Waals surface area contributed by atoms with Crippen LogP contribution in [-0.2, 0) is 0 Å². The van der Waals surface area contributed by atoms with Gasteiger partial charge in [0, 0.05) is 5.56 Å². The zero-order valence-electron chi connectivity index (χ0n) is 12.7. The maximum absolute atomic E-state index is 6.42. The van der Waals surface area contributed by atoms with Crippen molar-refractivity contribution < 1.29 is 9.47 Å². The highest BCUT2D eigenvalue weighted by Crippen LogP contribution is 2.40. The normalized spacial score (nSPS) is 12.1. The smallest absolute Gasteiger partial charge is 0.146 e. The molecule has 0 amide bonds. The van der Waals surface area contributed by atoms with E-state index in [4.69, 9.17) is 26.8 Å². The van der Waals surface area contributed by atoms with Crippen molar-refractivity contribution in [3.05, 3.63) is 57.6 Å². The van der Waals surface area contributed by atoms with Crippen LogP contribution in [0.3, 0.4) is 0 Å². The fourth-order valence-electron chi connectivity index (χ4n) is 2.51. The lowest BCUT2D eigenvalue weighted by molar-refractivity contribution is 0.390. The highest BCUT2D eigenvalue weighted by Gasteiger charge is 2.20. The molecule has 112 valence electrons. The minimum absolute atomic E-state index is 0.302. The molecule has 0 radical (unpaired) electrons. The summed E-state index contributed by atoms with van der Waals surface area (Å²) in [6.45, 7) is 4.12. The van der Waals surface area contributed by atoms with Gasteiger partial charge in [0.15, 0.2) is 0 Å². The van der Waals surface area contributed by atoms with Gasteiger partial charge in [-0.25, -0.2) is 0 Å². The molecular formula is C17H20ClNO2. The topological polar surface area (TPSA) is 44.5 Å². The standard InChI is InChI=1S/C17H20ClNO2/c1-10-5-6-12(11(2)9-10)16(19)13-7-8-14(20-3)15(18)17(13)21-4/h5-9,16H,19H2,1-4H3. The van der Waals surface area contributed by atoms with Crippen molar-refractivity contribution in [3.8, 4) is 11.5 Å². The van der Waals surface area contributed by atoms with Gasteiger partial charge in [-0.1, -0.05) is 35.4 Å². The first-order chi connectivity index (χ1) is 9.99. The Balaban J connectivity index is 2.52. The first kappa shape index (κ1) is 15.7. The number of hydrogen-bond acceptors (Lipinski definition) is 3. The molecule has 0 saturated carbocycles. The van der Waals surface area contributed by atoms with E-state index in [9.17, 15) is 0 Å². The number of benzene rings is 2. The number of aryl methyl sites for hydroxylation is 2. The number of rotatable bonds is 4. The molecule has 0 aromatic heterocycles. The summed E-state index contributed by atoms with van der Waals surface area (Å²) in [6, 6.07) is 9.63. The number of nitrogens with two attached hydrogens (primary N) is 1. The summed E-state index contributed by atoms with van der Waals surface area (Å²) < 4.78 is 10.6. The van der Waals surface area contributed by atoms with Gasteiger partial charge in [0.2, 0.25) is 0 Å². The third-order valence-electron chi connectivity index (χ3n) is 3.61. The quantitative estimate of drug-likeness (QED) is 0.928. The molecule has 2 aromatic rings. The van der Waals surface area contributed by atoms with Gasteiger partial charge in [-0.3, -0.25) is 0 Å². The Morgan fingerprint density at radius 1 is 1.00 bits per heavy atom. The zero-order chi connectivity index (χ0) is 15.6. The lowest BCUT2D eigenvalue weighted by atomic mass is 9.94. The summed E-state index contributed by atoms with van der Waals surface area (Å²) in [5, 5.41) is 0.442. The van der Waals surface area contributed by atoms with Crippen molar-refractivity contribution in [2.45, 2.75) is 19.9 Å². The predicted molar refractivity (Wildman–Crippen MR) is 86.5 cm³/mol. The van der Waals surface area contributed by atoms with Crippen LogP contribution in [0.1, 0.15) is 28.3 Å². The Labute approximate surface area is 130 Å². The van der Waals surface area contributed by atoms with Gasteiger partial charge < -0.3 is 15.2 Å². The molecule has 21 heavy (non-hydrogen) atoms. The summed E-state index contributed by atoms with van der Waals surface area (Å²) in [5.41, 5.74) is 10.7. The van der Waals surface area contributed by atoms with Crippen molar-refractivity contribution in [2.24, 2.45) is 5.73 Å². The van der Waals surface area contributed by atoms with Crippen molar-refractivity contribution in [1.82, 2.24) is 0 Å². The number of ether oxygens (including phenoxy) is 2. The SMILES string of the molecule is COc1ccc(C(N)c2ccc(C)cc2C)c(OC)c1Cl. The van der Waals surface area contributed by atoms with Crippen LogP contribution in [-0.4, -0.2) is 14.2 Å². The Hall–Kier alpha value is -1.71. The highest BCUT2D eigenvalue weighted by molar-refractivity contribution is 6.33. The Kier molecular flexibility index (Phi) is 4.76. The second-order valence-electron chi connectivity index (χ2n) is 5.04. The van der Waals surface area contributed by atoms with Crippen molar-refractivity contribution in [2.75, 3.05) is 14.2 Å². The molecular weight excluding hydrogens is 286 g/mol. The van der Waals surface area contributed by atoms with Crippen LogP contribution in [0.5, 0.6) is 11.5 Å². The molecule has 0 aliphatic heterocycles. The van der Waals surface area contributed by atoms with Gasteiger partial charge in [-0.05, 0) is 37.1 Å². The van der Waals surface area contributed by atoms with Gasteiger partial charge in [0.25, 0.3) is 0 Å². The van der Waals surface area contributed by atoms with E-state index >= 15 is 0 Å². The molecule has 2 aromatic carbocycles. The van der Waals surface area contributed by atoms with E-state index in [-0.39, 0.29) is 6.04 Å². The molecule has 0 heterocycles. The summed E-state index contributed by atoms with van der Waals surface area (Å²) in [4.78, 5) is 0. The fourth-order valence-corrected chi connectivity index (χ4v) is 2.83. The van der Waals surface area contributed by atoms with Crippen molar-refractivity contribution in [1.29, 1.82) is 0 Å². The summed E-state index contributed by atoms with van der Waals surface area (Å²) in [5.74, 6) is 1.13. The first-order valence-corrected chi connectivity index (χ1v) is 7.10. The van der Waals surface area contributed by atoms with E-state index < -0.39 is 0 Å². The van der Waals surface area contributed by atoms with Crippen molar-refractivity contribution in [3.63, 3.8) is 0 Å². The average molecular weight is 306 g/mol. The highest BCUT2D eigenvalue weighted by atomic mass is 35.5. The molecule has 1 atom stereocenters. The molecule has 3 nitrogen and oxygen atoms in total. The number of halogens is 1. The minimum Gasteiger partial charge on any atom is -0.495 e. The van der Waals surface area contributed by atoms with Crippen LogP contribution in [0, 0.1) is 13.8 Å². The van der Waals surface area contributed by atoms with Crippen LogP contribution in [0.15, 0.2) is 30.3 Å². The summed E-state index contributed by atoms with van der Waals surface area (Å²) >= 11 is 6.31. The Morgan fingerprint density at radius 3 is 2.24 bits per heavy atom. The molecule has 0 bridgehead atoms. The van der Waals surface area contributed by atoms with Gasteiger partial charge in [-0.15, -0.1) is 0 Å². The maximum Gasteiger partial charge on any atom is 0.146 e. The van der Waals surface area contributed by atoms with E-state index in [2.05, 4.69) is 26.0 Å². The molecule has 0 spiro atoms. The van der Waals surface area contributed by atoms with Gasteiger partial charge in [0.05, 0.1) is 20.3 Å². The average Bonchev–Trinajstić information content (AvgIpc) is 2.46. The Bertz CT molecular complexity index is 655. The zero-order valence-corrected chi connectivity index (χ0v) is 13.5. The van der Waals surface area contributed by atoms with Crippen LogP contribution < -0.4 is 15.2 Å². The van der Waals surface area contributed by atoms with Gasteiger partial charge in [0.1, 0.15) is 16.5 Å². The van der Waals surface area contributed by atoms with E-state index in [1.807, 2.05) is 18.2 Å². The minimum atomic E-state index is -0.302.